The second-order valence-corrected chi connectivity index (χ2v) is 6.69. The lowest BCUT2D eigenvalue weighted by Crippen LogP contribution is -1.99. The predicted octanol–water partition coefficient (Wildman–Crippen LogP) is 2.89. The molecule has 0 radical (unpaired) electrons. The summed E-state index contributed by atoms with van der Waals surface area (Å²) in [5, 5.41) is 0. The fraction of sp³-hybridized carbons (Fsp3) is 0.455. The van der Waals surface area contributed by atoms with Crippen LogP contribution < -0.4 is 4.74 Å². The summed E-state index contributed by atoms with van der Waals surface area (Å²) in [4.78, 5) is 0. The zero-order valence-electron chi connectivity index (χ0n) is 9.53. The average molecular weight is 263 g/mol. The Morgan fingerprint density at radius 1 is 1.38 bits per heavy atom. The van der Waals surface area contributed by atoms with Gasteiger partial charge in [0.1, 0.15) is 5.75 Å². The smallest absolute Gasteiger partial charge is 0.236 e. The highest BCUT2D eigenvalue weighted by atomic mass is 35.7. The third-order valence-corrected chi connectivity index (χ3v) is 3.26. The van der Waals surface area contributed by atoms with Gasteiger partial charge in [0, 0.05) is 10.7 Å². The quantitative estimate of drug-likeness (QED) is 0.784. The molecule has 5 heteroatoms. The molecule has 0 N–H and O–H groups in total. The first-order valence-electron chi connectivity index (χ1n) is 4.92. The lowest BCUT2D eigenvalue weighted by Gasteiger charge is -2.12. The molecular formula is C11H15ClO3S. The Morgan fingerprint density at radius 2 is 2.00 bits per heavy atom. The van der Waals surface area contributed by atoms with Crippen LogP contribution in [0.2, 0.25) is 0 Å². The van der Waals surface area contributed by atoms with E-state index < -0.39 is 9.05 Å². The zero-order valence-corrected chi connectivity index (χ0v) is 11.1. The number of hydrogen-bond donors (Lipinski definition) is 0. The largest absolute Gasteiger partial charge is 0.496 e. The summed E-state index contributed by atoms with van der Waals surface area (Å²) in [6, 6.07) is 5.36. The van der Waals surface area contributed by atoms with Crippen molar-refractivity contribution in [1.82, 2.24) is 0 Å². The van der Waals surface area contributed by atoms with Gasteiger partial charge in [-0.3, -0.25) is 0 Å². The molecule has 0 saturated carbocycles. The zero-order chi connectivity index (χ0) is 12.3. The molecule has 0 aliphatic carbocycles. The Balaban J connectivity index is 3.09. The first-order valence-corrected chi connectivity index (χ1v) is 7.40. The maximum absolute atomic E-state index is 10.9. The van der Waals surface area contributed by atoms with Gasteiger partial charge >= 0.3 is 0 Å². The number of rotatable bonds is 4. The Morgan fingerprint density at radius 3 is 2.44 bits per heavy atom. The number of hydrogen-bond acceptors (Lipinski definition) is 3. The molecule has 0 unspecified atom stereocenters. The molecular weight excluding hydrogens is 248 g/mol. The lowest BCUT2D eigenvalue weighted by atomic mass is 10.0. The van der Waals surface area contributed by atoms with Crippen LogP contribution in [0.1, 0.15) is 30.9 Å². The highest BCUT2D eigenvalue weighted by Gasteiger charge is 2.12. The van der Waals surface area contributed by atoms with Gasteiger partial charge in [0.05, 0.1) is 12.9 Å². The molecule has 3 nitrogen and oxygen atoms in total. The van der Waals surface area contributed by atoms with E-state index in [4.69, 9.17) is 15.4 Å². The summed E-state index contributed by atoms with van der Waals surface area (Å²) >= 11 is 0. The molecule has 0 aromatic heterocycles. The van der Waals surface area contributed by atoms with Crippen LogP contribution in [-0.2, 0) is 14.8 Å². The van der Waals surface area contributed by atoms with Gasteiger partial charge in [-0.25, -0.2) is 8.42 Å². The van der Waals surface area contributed by atoms with Crippen molar-refractivity contribution in [2.24, 2.45) is 0 Å². The second-order valence-electron chi connectivity index (χ2n) is 3.91. The van der Waals surface area contributed by atoms with E-state index in [2.05, 4.69) is 13.8 Å². The minimum absolute atomic E-state index is 0.177. The van der Waals surface area contributed by atoms with Crippen LogP contribution in [0.3, 0.4) is 0 Å². The van der Waals surface area contributed by atoms with E-state index in [9.17, 15) is 8.42 Å². The van der Waals surface area contributed by atoms with Gasteiger partial charge in [0.25, 0.3) is 0 Å². The van der Waals surface area contributed by atoms with E-state index >= 15 is 0 Å². The first kappa shape index (κ1) is 13.3. The summed E-state index contributed by atoms with van der Waals surface area (Å²) in [7, 11) is 3.25. The van der Waals surface area contributed by atoms with Gasteiger partial charge in [-0.2, -0.15) is 0 Å². The van der Waals surface area contributed by atoms with Crippen molar-refractivity contribution in [3.8, 4) is 5.75 Å². The molecule has 90 valence electrons. The fourth-order valence-corrected chi connectivity index (χ4v) is 2.48. The first-order chi connectivity index (χ1) is 7.33. The third kappa shape index (κ3) is 3.68. The summed E-state index contributed by atoms with van der Waals surface area (Å²) in [6.45, 7) is 4.10. The molecule has 0 fully saturated rings. The number of ether oxygens (including phenoxy) is 1. The molecule has 0 aliphatic heterocycles. The van der Waals surface area contributed by atoms with Crippen LogP contribution in [-0.4, -0.2) is 15.5 Å². The molecule has 0 bridgehead atoms. The van der Waals surface area contributed by atoms with Crippen molar-refractivity contribution < 1.29 is 13.2 Å². The Hall–Kier alpha value is -0.740. The Labute approximate surface area is 101 Å². The standard InChI is InChI=1S/C11H15ClO3S/c1-8(2)10-5-4-9(6-11(10)15-3)7-16(12,13)14/h4-6,8H,7H2,1-3H3. The molecule has 16 heavy (non-hydrogen) atoms. The highest BCUT2D eigenvalue weighted by molar-refractivity contribution is 8.13. The molecule has 1 aromatic rings. The highest BCUT2D eigenvalue weighted by Crippen LogP contribution is 2.28. The third-order valence-electron chi connectivity index (χ3n) is 2.26. The molecule has 0 aliphatic rings. The molecule has 1 aromatic carbocycles. The van der Waals surface area contributed by atoms with Gasteiger partial charge in [-0.15, -0.1) is 0 Å². The van der Waals surface area contributed by atoms with Crippen molar-refractivity contribution in [2.45, 2.75) is 25.5 Å². The van der Waals surface area contributed by atoms with Crippen LogP contribution in [0.15, 0.2) is 18.2 Å². The Kier molecular flexibility index (Phi) is 4.21. The lowest BCUT2D eigenvalue weighted by molar-refractivity contribution is 0.407. The van der Waals surface area contributed by atoms with Gasteiger partial charge in [-0.05, 0) is 23.1 Å². The van der Waals surface area contributed by atoms with Gasteiger partial charge in [0.2, 0.25) is 9.05 Å². The predicted molar refractivity (Wildman–Crippen MR) is 65.6 cm³/mol. The maximum atomic E-state index is 10.9. The van der Waals surface area contributed by atoms with Gasteiger partial charge in [-0.1, -0.05) is 26.0 Å². The number of methoxy groups -OCH3 is 1. The molecule has 0 heterocycles. The van der Waals surface area contributed by atoms with Crippen LogP contribution in [0.4, 0.5) is 0 Å². The topological polar surface area (TPSA) is 43.4 Å². The van der Waals surface area contributed by atoms with Crippen molar-refractivity contribution in [3.63, 3.8) is 0 Å². The van der Waals surface area contributed by atoms with Gasteiger partial charge in [0.15, 0.2) is 0 Å². The van der Waals surface area contributed by atoms with Crippen LogP contribution in [0.5, 0.6) is 5.75 Å². The molecule has 0 saturated heterocycles. The molecule has 1 rings (SSSR count). The normalized spacial score (nSPS) is 11.8. The molecule has 0 amide bonds. The van der Waals surface area contributed by atoms with E-state index in [-0.39, 0.29) is 5.75 Å². The number of benzene rings is 1. The summed E-state index contributed by atoms with van der Waals surface area (Å²) in [5.41, 5.74) is 1.69. The van der Waals surface area contributed by atoms with Crippen LogP contribution >= 0.6 is 10.7 Å². The minimum atomic E-state index is -3.52. The molecule has 0 spiro atoms. The summed E-state index contributed by atoms with van der Waals surface area (Å²) < 4.78 is 27.1. The van der Waals surface area contributed by atoms with E-state index in [1.807, 2.05) is 6.07 Å². The van der Waals surface area contributed by atoms with Crippen LogP contribution in [0.25, 0.3) is 0 Å². The van der Waals surface area contributed by atoms with Gasteiger partial charge < -0.3 is 4.74 Å². The summed E-state index contributed by atoms with van der Waals surface area (Å²) in [6.07, 6.45) is 0. The maximum Gasteiger partial charge on any atom is 0.236 e. The SMILES string of the molecule is COc1cc(CS(=O)(=O)Cl)ccc1C(C)C. The van der Waals surface area contributed by atoms with Crippen molar-refractivity contribution in [3.05, 3.63) is 29.3 Å². The monoisotopic (exact) mass is 262 g/mol. The van der Waals surface area contributed by atoms with E-state index in [0.29, 0.717) is 17.2 Å². The average Bonchev–Trinajstić information content (AvgIpc) is 2.14. The Bertz CT molecular complexity index is 466. The van der Waals surface area contributed by atoms with Crippen molar-refractivity contribution in [1.29, 1.82) is 0 Å². The van der Waals surface area contributed by atoms with Crippen molar-refractivity contribution >= 4 is 19.7 Å². The van der Waals surface area contributed by atoms with E-state index in [1.54, 1.807) is 19.2 Å². The van der Waals surface area contributed by atoms with Crippen LogP contribution in [0, 0.1) is 0 Å². The fourth-order valence-electron chi connectivity index (χ4n) is 1.52. The van der Waals surface area contributed by atoms with E-state index in [1.165, 1.54) is 0 Å². The number of halogens is 1. The van der Waals surface area contributed by atoms with Crippen molar-refractivity contribution in [2.75, 3.05) is 7.11 Å². The summed E-state index contributed by atoms with van der Waals surface area (Å²) in [5.74, 6) is 0.855. The van der Waals surface area contributed by atoms with E-state index in [0.717, 1.165) is 5.56 Å². The second kappa shape index (κ2) is 5.06. The molecule has 0 atom stereocenters. The minimum Gasteiger partial charge on any atom is -0.496 e.